The number of benzene rings is 2. The van der Waals surface area contributed by atoms with E-state index in [1.807, 2.05) is 0 Å². The maximum atomic E-state index is 13.6. The standard InChI is InChI=1S/C16H13BrClFN2O2/c17-11-6-4-10(5-7-11)16(23)20-9-8-14(22)21-13-3-1-2-12(18)15(13)19/h1-7H,8-9H2,(H,20,23)(H,21,22). The molecule has 0 heterocycles. The van der Waals surface area contributed by atoms with E-state index < -0.39 is 11.7 Å². The number of carbonyl (C=O) groups is 2. The molecule has 0 aromatic heterocycles. The van der Waals surface area contributed by atoms with Crippen LogP contribution in [0.3, 0.4) is 0 Å². The van der Waals surface area contributed by atoms with Gasteiger partial charge in [-0.25, -0.2) is 4.39 Å². The van der Waals surface area contributed by atoms with Crippen LogP contribution in [0.25, 0.3) is 0 Å². The zero-order valence-electron chi connectivity index (χ0n) is 11.9. The van der Waals surface area contributed by atoms with Crippen LogP contribution in [0, 0.1) is 5.82 Å². The molecule has 2 N–H and O–H groups in total. The predicted molar refractivity (Wildman–Crippen MR) is 91.1 cm³/mol. The minimum absolute atomic E-state index is 0.0155. The van der Waals surface area contributed by atoms with Crippen LogP contribution >= 0.6 is 27.5 Å². The van der Waals surface area contributed by atoms with Gasteiger partial charge in [-0.15, -0.1) is 0 Å². The molecule has 0 aliphatic rings. The molecular weight excluding hydrogens is 387 g/mol. The third kappa shape index (κ3) is 5.04. The van der Waals surface area contributed by atoms with Gasteiger partial charge < -0.3 is 10.6 Å². The second-order valence-electron chi connectivity index (χ2n) is 4.66. The third-order valence-electron chi connectivity index (χ3n) is 2.97. The summed E-state index contributed by atoms with van der Waals surface area (Å²) in [5.74, 6) is -1.37. The zero-order valence-corrected chi connectivity index (χ0v) is 14.2. The number of anilines is 1. The van der Waals surface area contributed by atoms with Crippen LogP contribution in [0.15, 0.2) is 46.9 Å². The van der Waals surface area contributed by atoms with Gasteiger partial charge in [0.25, 0.3) is 5.91 Å². The van der Waals surface area contributed by atoms with Crippen molar-refractivity contribution >= 4 is 45.0 Å². The molecule has 2 aromatic rings. The molecule has 2 amide bonds. The molecule has 4 nitrogen and oxygen atoms in total. The number of rotatable bonds is 5. The summed E-state index contributed by atoms with van der Waals surface area (Å²) in [7, 11) is 0. The average Bonchev–Trinajstić information content (AvgIpc) is 2.52. The van der Waals surface area contributed by atoms with Gasteiger partial charge in [0, 0.05) is 23.0 Å². The summed E-state index contributed by atoms with van der Waals surface area (Å²) < 4.78 is 14.5. The summed E-state index contributed by atoms with van der Waals surface area (Å²) in [6.07, 6.45) is 0.0220. The second kappa shape index (κ2) is 8.08. The number of hydrogen-bond donors (Lipinski definition) is 2. The molecule has 23 heavy (non-hydrogen) atoms. The highest BCUT2D eigenvalue weighted by atomic mass is 79.9. The number of nitrogens with one attached hydrogen (secondary N) is 2. The van der Waals surface area contributed by atoms with Crippen molar-refractivity contribution in [3.63, 3.8) is 0 Å². The molecule has 0 bridgehead atoms. The van der Waals surface area contributed by atoms with Gasteiger partial charge in [0.1, 0.15) is 0 Å². The molecule has 7 heteroatoms. The van der Waals surface area contributed by atoms with Crippen LogP contribution in [-0.2, 0) is 4.79 Å². The van der Waals surface area contributed by atoms with Crippen LogP contribution < -0.4 is 10.6 Å². The monoisotopic (exact) mass is 398 g/mol. The first-order valence-electron chi connectivity index (χ1n) is 6.75. The van der Waals surface area contributed by atoms with Crippen molar-refractivity contribution in [2.45, 2.75) is 6.42 Å². The van der Waals surface area contributed by atoms with Crippen molar-refractivity contribution in [3.8, 4) is 0 Å². The molecule has 0 saturated heterocycles. The van der Waals surface area contributed by atoms with E-state index in [1.165, 1.54) is 18.2 Å². The minimum Gasteiger partial charge on any atom is -0.352 e. The normalized spacial score (nSPS) is 10.2. The van der Waals surface area contributed by atoms with E-state index in [2.05, 4.69) is 26.6 Å². The first-order valence-corrected chi connectivity index (χ1v) is 7.92. The summed E-state index contributed by atoms with van der Waals surface area (Å²) in [5.41, 5.74) is 0.510. The van der Waals surface area contributed by atoms with E-state index in [0.29, 0.717) is 5.56 Å². The first-order chi connectivity index (χ1) is 11.0. The topological polar surface area (TPSA) is 58.2 Å². The molecule has 0 saturated carbocycles. The molecule has 0 atom stereocenters. The summed E-state index contributed by atoms with van der Waals surface area (Å²) in [6, 6.07) is 11.2. The second-order valence-corrected chi connectivity index (χ2v) is 5.99. The van der Waals surface area contributed by atoms with Gasteiger partial charge in [-0.1, -0.05) is 33.6 Å². The van der Waals surface area contributed by atoms with Gasteiger partial charge in [-0.3, -0.25) is 9.59 Å². The Bertz CT molecular complexity index is 723. The highest BCUT2D eigenvalue weighted by Gasteiger charge is 2.10. The van der Waals surface area contributed by atoms with Gasteiger partial charge in [0.15, 0.2) is 5.82 Å². The molecule has 2 rings (SSSR count). The largest absolute Gasteiger partial charge is 0.352 e. The lowest BCUT2D eigenvalue weighted by Gasteiger charge is -2.08. The molecule has 0 aliphatic carbocycles. The maximum Gasteiger partial charge on any atom is 0.251 e. The van der Waals surface area contributed by atoms with E-state index in [4.69, 9.17) is 11.6 Å². The van der Waals surface area contributed by atoms with Crippen LogP contribution in [0.5, 0.6) is 0 Å². The summed E-state index contributed by atoms with van der Waals surface area (Å²) >= 11 is 8.92. The van der Waals surface area contributed by atoms with E-state index in [-0.39, 0.29) is 29.6 Å². The Kier molecular flexibility index (Phi) is 6.12. The van der Waals surface area contributed by atoms with Crippen LogP contribution in [-0.4, -0.2) is 18.4 Å². The Labute approximate surface area is 146 Å². The van der Waals surface area contributed by atoms with Crippen LogP contribution in [0.4, 0.5) is 10.1 Å². The molecule has 0 spiro atoms. The molecular formula is C16H13BrClFN2O2. The Hall–Kier alpha value is -1.92. The molecule has 0 fully saturated rings. The Morgan fingerprint density at radius 3 is 2.52 bits per heavy atom. The highest BCUT2D eigenvalue weighted by Crippen LogP contribution is 2.21. The van der Waals surface area contributed by atoms with E-state index >= 15 is 0 Å². The van der Waals surface area contributed by atoms with Crippen molar-refractivity contribution < 1.29 is 14.0 Å². The summed E-state index contributed by atoms with van der Waals surface area (Å²) in [5, 5.41) is 4.98. The molecule has 0 unspecified atom stereocenters. The molecule has 2 aromatic carbocycles. The van der Waals surface area contributed by atoms with Gasteiger partial charge in [-0.2, -0.15) is 0 Å². The Morgan fingerprint density at radius 1 is 1.13 bits per heavy atom. The summed E-state index contributed by atoms with van der Waals surface area (Å²) in [4.78, 5) is 23.6. The lowest BCUT2D eigenvalue weighted by molar-refractivity contribution is -0.116. The number of amides is 2. The van der Waals surface area contributed by atoms with Crippen molar-refractivity contribution in [1.29, 1.82) is 0 Å². The fourth-order valence-electron chi connectivity index (χ4n) is 1.81. The van der Waals surface area contributed by atoms with E-state index in [1.54, 1.807) is 24.3 Å². The fraction of sp³-hybridized carbons (Fsp3) is 0.125. The Morgan fingerprint density at radius 2 is 1.83 bits per heavy atom. The smallest absolute Gasteiger partial charge is 0.251 e. The fourth-order valence-corrected chi connectivity index (χ4v) is 2.24. The average molecular weight is 400 g/mol. The summed E-state index contributed by atoms with van der Waals surface area (Å²) in [6.45, 7) is 0.142. The lowest BCUT2D eigenvalue weighted by atomic mass is 10.2. The van der Waals surface area contributed by atoms with Gasteiger partial charge >= 0.3 is 0 Å². The quantitative estimate of drug-likeness (QED) is 0.798. The molecule has 120 valence electrons. The number of carbonyl (C=O) groups excluding carboxylic acids is 2. The van der Waals surface area contributed by atoms with Crippen molar-refractivity contribution in [2.24, 2.45) is 0 Å². The molecule has 0 aliphatic heterocycles. The minimum atomic E-state index is -0.679. The zero-order chi connectivity index (χ0) is 16.8. The lowest BCUT2D eigenvalue weighted by Crippen LogP contribution is -2.27. The van der Waals surface area contributed by atoms with Crippen molar-refractivity contribution in [3.05, 3.63) is 63.3 Å². The molecule has 0 radical (unpaired) electrons. The van der Waals surface area contributed by atoms with Crippen molar-refractivity contribution in [2.75, 3.05) is 11.9 Å². The van der Waals surface area contributed by atoms with Gasteiger partial charge in [0.05, 0.1) is 10.7 Å². The van der Waals surface area contributed by atoms with Gasteiger partial charge in [0.2, 0.25) is 5.91 Å². The van der Waals surface area contributed by atoms with Crippen molar-refractivity contribution in [1.82, 2.24) is 5.32 Å². The third-order valence-corrected chi connectivity index (χ3v) is 3.79. The van der Waals surface area contributed by atoms with E-state index in [9.17, 15) is 14.0 Å². The van der Waals surface area contributed by atoms with Crippen LogP contribution in [0.1, 0.15) is 16.8 Å². The van der Waals surface area contributed by atoms with E-state index in [0.717, 1.165) is 4.47 Å². The number of hydrogen-bond acceptors (Lipinski definition) is 2. The number of halogens is 3. The Balaban J connectivity index is 1.82. The maximum absolute atomic E-state index is 13.6. The SMILES string of the molecule is O=C(CCNC(=O)c1ccc(Br)cc1)Nc1cccc(Cl)c1F. The first kappa shape index (κ1) is 17.4. The van der Waals surface area contributed by atoms with Gasteiger partial charge in [-0.05, 0) is 36.4 Å². The highest BCUT2D eigenvalue weighted by molar-refractivity contribution is 9.10. The van der Waals surface area contributed by atoms with Crippen LogP contribution in [0.2, 0.25) is 5.02 Å². The predicted octanol–water partition coefficient (Wildman–Crippen LogP) is 4.00.